The lowest BCUT2D eigenvalue weighted by atomic mass is 10.0. The first kappa shape index (κ1) is 11.5. The fourth-order valence-electron chi connectivity index (χ4n) is 1.53. The Bertz CT molecular complexity index is 607. The van der Waals surface area contributed by atoms with E-state index in [1.54, 1.807) is 18.2 Å². The minimum Gasteiger partial charge on any atom is -0.508 e. The average molecular weight is 250 g/mol. The van der Waals surface area contributed by atoms with E-state index in [2.05, 4.69) is 0 Å². The molecule has 0 aromatic heterocycles. The van der Waals surface area contributed by atoms with Crippen molar-refractivity contribution in [3.63, 3.8) is 0 Å². The molecule has 0 unspecified atom stereocenters. The van der Waals surface area contributed by atoms with Gasteiger partial charge in [-0.15, -0.1) is 0 Å². The Balaban J connectivity index is 2.46. The number of rotatable bonds is 2. The Morgan fingerprint density at radius 3 is 2.06 bits per heavy atom. The Labute approximate surface area is 99.7 Å². The molecule has 0 heterocycles. The lowest BCUT2D eigenvalue weighted by Crippen LogP contribution is -1.82. The third-order valence-corrected chi connectivity index (χ3v) is 3.09. The molecule has 17 heavy (non-hydrogen) atoms. The number of thiol groups is 1. The van der Waals surface area contributed by atoms with Crippen LogP contribution in [0.1, 0.15) is 0 Å². The van der Waals surface area contributed by atoms with E-state index >= 15 is 0 Å². The van der Waals surface area contributed by atoms with Gasteiger partial charge in [0.2, 0.25) is 0 Å². The van der Waals surface area contributed by atoms with Gasteiger partial charge in [0.25, 0.3) is 0 Å². The van der Waals surface area contributed by atoms with Crippen molar-refractivity contribution in [2.45, 2.75) is 4.90 Å². The third kappa shape index (κ3) is 2.39. The number of phenolic OH excluding ortho intramolecular Hbond substituents is 2. The zero-order valence-corrected chi connectivity index (χ0v) is 9.59. The molecule has 2 aromatic rings. The highest BCUT2D eigenvalue weighted by Crippen LogP contribution is 2.31. The van der Waals surface area contributed by atoms with Crippen LogP contribution in [-0.2, 0) is 10.7 Å². The Morgan fingerprint density at radius 1 is 0.882 bits per heavy atom. The van der Waals surface area contributed by atoms with Crippen molar-refractivity contribution < 1.29 is 18.6 Å². The minimum absolute atomic E-state index is 0.0227. The topological polar surface area (TPSA) is 74.6 Å². The van der Waals surface area contributed by atoms with Crippen LogP contribution in [0.3, 0.4) is 0 Å². The van der Waals surface area contributed by atoms with Gasteiger partial charge in [-0.1, -0.05) is 12.1 Å². The summed E-state index contributed by atoms with van der Waals surface area (Å²) in [6.45, 7) is 0. The number of benzene rings is 2. The van der Waals surface area contributed by atoms with Crippen molar-refractivity contribution in [2.75, 3.05) is 0 Å². The first-order valence-electron chi connectivity index (χ1n) is 4.85. The van der Waals surface area contributed by atoms with Gasteiger partial charge in [0.1, 0.15) is 11.5 Å². The van der Waals surface area contributed by atoms with Crippen molar-refractivity contribution in [3.8, 4) is 22.6 Å². The normalized spacial score (nSPS) is 10.6. The molecular weight excluding hydrogens is 240 g/mol. The Hall–Kier alpha value is -2.01. The maximum absolute atomic E-state index is 10.7. The van der Waals surface area contributed by atoms with Crippen LogP contribution in [0.2, 0.25) is 0 Å². The molecule has 4 nitrogen and oxygen atoms in total. The summed E-state index contributed by atoms with van der Waals surface area (Å²) >= 11 is 0. The summed E-state index contributed by atoms with van der Waals surface area (Å²) in [7, 11) is -2.59. The van der Waals surface area contributed by atoms with E-state index in [1.165, 1.54) is 24.3 Å². The molecule has 88 valence electrons. The molecule has 0 aliphatic heterocycles. The first-order valence-corrected chi connectivity index (χ1v) is 6.02. The summed E-state index contributed by atoms with van der Waals surface area (Å²) < 4.78 is 21.4. The highest BCUT2D eigenvalue weighted by atomic mass is 32.2. The van der Waals surface area contributed by atoms with Gasteiger partial charge in [-0.25, -0.2) is 8.42 Å². The summed E-state index contributed by atoms with van der Waals surface area (Å²) in [5.41, 5.74) is 1.22. The fraction of sp³-hybridized carbons (Fsp3) is 0. The first-order chi connectivity index (χ1) is 8.08. The third-order valence-electron chi connectivity index (χ3n) is 2.37. The van der Waals surface area contributed by atoms with Crippen LogP contribution in [0.15, 0.2) is 47.4 Å². The van der Waals surface area contributed by atoms with Crippen LogP contribution in [-0.4, -0.2) is 18.6 Å². The molecule has 0 aliphatic carbocycles. The summed E-state index contributed by atoms with van der Waals surface area (Å²) in [6.07, 6.45) is 0. The molecule has 0 saturated heterocycles. The minimum atomic E-state index is -2.59. The fourth-order valence-corrected chi connectivity index (χ4v) is 1.92. The molecule has 2 rings (SSSR count). The van der Waals surface area contributed by atoms with Gasteiger partial charge in [-0.05, 0) is 29.8 Å². The van der Waals surface area contributed by atoms with E-state index in [0.29, 0.717) is 11.1 Å². The molecule has 5 heteroatoms. The standard InChI is InChI=1S/C12H10O4S/c13-9-3-6-11(12(14)7-9)8-1-4-10(5-2-8)17(15)16/h1-7,13-14,17H. The van der Waals surface area contributed by atoms with Crippen LogP contribution in [0.4, 0.5) is 0 Å². The van der Waals surface area contributed by atoms with E-state index in [4.69, 9.17) is 5.11 Å². The Morgan fingerprint density at radius 2 is 1.53 bits per heavy atom. The van der Waals surface area contributed by atoms with Gasteiger partial charge in [0.05, 0.1) is 4.90 Å². The number of aromatic hydroxyl groups is 2. The summed E-state index contributed by atoms with van der Waals surface area (Å²) in [5, 5.41) is 18.8. The van der Waals surface area contributed by atoms with E-state index in [-0.39, 0.29) is 16.4 Å². The van der Waals surface area contributed by atoms with Gasteiger partial charge in [0, 0.05) is 11.6 Å². The maximum atomic E-state index is 10.7. The predicted octanol–water partition coefficient (Wildman–Crippen LogP) is 1.74. The number of phenols is 2. The van der Waals surface area contributed by atoms with Gasteiger partial charge < -0.3 is 10.2 Å². The second-order valence-corrected chi connectivity index (χ2v) is 4.54. The van der Waals surface area contributed by atoms with E-state index in [9.17, 15) is 13.5 Å². The second-order valence-electron chi connectivity index (χ2n) is 3.51. The van der Waals surface area contributed by atoms with Crippen LogP contribution in [0.5, 0.6) is 11.5 Å². The number of hydrogen-bond acceptors (Lipinski definition) is 4. The van der Waals surface area contributed by atoms with Crippen LogP contribution in [0, 0.1) is 0 Å². The molecule has 2 N–H and O–H groups in total. The average Bonchev–Trinajstić information content (AvgIpc) is 2.29. The SMILES string of the molecule is O=[SH](=O)c1ccc(-c2ccc(O)cc2O)cc1. The van der Waals surface area contributed by atoms with E-state index in [1.807, 2.05) is 0 Å². The molecule has 0 atom stereocenters. The van der Waals surface area contributed by atoms with Crippen LogP contribution in [0.25, 0.3) is 11.1 Å². The van der Waals surface area contributed by atoms with Gasteiger partial charge >= 0.3 is 0 Å². The smallest absolute Gasteiger partial charge is 0.168 e. The molecule has 0 fully saturated rings. The summed E-state index contributed by atoms with van der Waals surface area (Å²) in [5.74, 6) is -0.0743. The molecule has 0 amide bonds. The monoisotopic (exact) mass is 250 g/mol. The lowest BCUT2D eigenvalue weighted by Gasteiger charge is -2.05. The maximum Gasteiger partial charge on any atom is 0.168 e. The predicted molar refractivity (Wildman–Crippen MR) is 63.8 cm³/mol. The van der Waals surface area contributed by atoms with Gasteiger partial charge in [-0.2, -0.15) is 0 Å². The van der Waals surface area contributed by atoms with E-state index in [0.717, 1.165) is 0 Å². The molecule has 0 bridgehead atoms. The van der Waals surface area contributed by atoms with Crippen LogP contribution < -0.4 is 0 Å². The Kier molecular flexibility index (Phi) is 3.01. The summed E-state index contributed by atoms with van der Waals surface area (Å²) in [6, 6.07) is 10.4. The van der Waals surface area contributed by atoms with Crippen molar-refractivity contribution >= 4 is 10.7 Å². The lowest BCUT2D eigenvalue weighted by molar-refractivity contribution is 0.452. The summed E-state index contributed by atoms with van der Waals surface area (Å²) in [4.78, 5) is 0.224. The van der Waals surface area contributed by atoms with Gasteiger partial charge in [-0.3, -0.25) is 0 Å². The molecule has 0 radical (unpaired) electrons. The van der Waals surface area contributed by atoms with Crippen molar-refractivity contribution in [1.29, 1.82) is 0 Å². The van der Waals surface area contributed by atoms with Gasteiger partial charge in [0.15, 0.2) is 10.7 Å². The zero-order chi connectivity index (χ0) is 12.4. The zero-order valence-electron chi connectivity index (χ0n) is 8.70. The highest BCUT2D eigenvalue weighted by Gasteiger charge is 2.05. The molecule has 0 aliphatic rings. The second kappa shape index (κ2) is 4.47. The quantitative estimate of drug-likeness (QED) is 0.710. The number of hydrogen-bond donors (Lipinski definition) is 3. The molecule has 0 saturated carbocycles. The molecular formula is C12H10O4S. The van der Waals surface area contributed by atoms with Crippen LogP contribution >= 0.6 is 0 Å². The molecule has 2 aromatic carbocycles. The highest BCUT2D eigenvalue weighted by molar-refractivity contribution is 7.72. The molecule has 0 spiro atoms. The van der Waals surface area contributed by atoms with Crippen molar-refractivity contribution in [1.82, 2.24) is 0 Å². The largest absolute Gasteiger partial charge is 0.508 e. The van der Waals surface area contributed by atoms with Crippen molar-refractivity contribution in [3.05, 3.63) is 42.5 Å². The van der Waals surface area contributed by atoms with E-state index < -0.39 is 10.7 Å². The van der Waals surface area contributed by atoms with Crippen molar-refractivity contribution in [2.24, 2.45) is 0 Å².